The van der Waals surface area contributed by atoms with Crippen molar-refractivity contribution in [2.75, 3.05) is 18.6 Å². The minimum atomic E-state index is -0.443. The third kappa shape index (κ3) is 4.23. The monoisotopic (exact) mass is 287 g/mol. The molecule has 0 aliphatic heterocycles. The zero-order valence-electron chi connectivity index (χ0n) is 11.2. The van der Waals surface area contributed by atoms with Crippen molar-refractivity contribution in [3.8, 4) is 0 Å². The Morgan fingerprint density at radius 3 is 2.95 bits per heavy atom. The third-order valence-corrected chi connectivity index (χ3v) is 3.86. The lowest BCUT2D eigenvalue weighted by molar-refractivity contribution is -0.392. The van der Waals surface area contributed by atoms with E-state index in [1.807, 2.05) is 0 Å². The van der Waals surface area contributed by atoms with E-state index in [9.17, 15) is 14.9 Å². The summed E-state index contributed by atoms with van der Waals surface area (Å²) in [6, 6.07) is 0. The number of carbonyl (C=O) groups is 1. The molecule has 1 unspecified atom stereocenters. The summed E-state index contributed by atoms with van der Waals surface area (Å²) >= 11 is 1.56. The van der Waals surface area contributed by atoms with Crippen LogP contribution in [0.15, 0.2) is 6.20 Å². The first-order chi connectivity index (χ1) is 8.97. The van der Waals surface area contributed by atoms with E-state index < -0.39 is 4.92 Å². The number of carbonyl (C=O) groups excluding carboxylic acids is 1. The van der Waals surface area contributed by atoms with Crippen LogP contribution in [-0.2, 0) is 16.1 Å². The normalized spacial score (nSPS) is 12.2. The molecule has 0 aromatic carbocycles. The van der Waals surface area contributed by atoms with Crippen LogP contribution in [-0.4, -0.2) is 39.1 Å². The number of rotatable bonds is 7. The van der Waals surface area contributed by atoms with Crippen molar-refractivity contribution in [2.24, 2.45) is 5.92 Å². The van der Waals surface area contributed by atoms with Gasteiger partial charge in [-0.2, -0.15) is 11.8 Å². The van der Waals surface area contributed by atoms with Crippen molar-refractivity contribution >= 4 is 23.5 Å². The van der Waals surface area contributed by atoms with Crippen molar-refractivity contribution < 1.29 is 14.5 Å². The van der Waals surface area contributed by atoms with Gasteiger partial charge in [-0.3, -0.25) is 4.79 Å². The van der Waals surface area contributed by atoms with Gasteiger partial charge in [0, 0.05) is 18.4 Å². The highest BCUT2D eigenvalue weighted by atomic mass is 32.2. The maximum atomic E-state index is 11.2. The third-order valence-electron chi connectivity index (χ3n) is 2.65. The molecule has 0 saturated carbocycles. The van der Waals surface area contributed by atoms with E-state index >= 15 is 0 Å². The van der Waals surface area contributed by atoms with Crippen LogP contribution in [0.4, 0.5) is 5.82 Å². The van der Waals surface area contributed by atoms with Gasteiger partial charge in [0.1, 0.15) is 12.7 Å². The number of nitro groups is 1. The Bertz CT molecular complexity index is 461. The molecule has 8 heteroatoms. The highest BCUT2D eigenvalue weighted by Crippen LogP contribution is 2.16. The van der Waals surface area contributed by atoms with E-state index in [1.165, 1.54) is 13.3 Å². The number of esters is 1. The number of methoxy groups -OCH3 is 1. The zero-order valence-corrected chi connectivity index (χ0v) is 12.0. The van der Waals surface area contributed by atoms with E-state index in [2.05, 4.69) is 9.72 Å². The maximum Gasteiger partial charge on any atom is 0.342 e. The van der Waals surface area contributed by atoms with E-state index in [0.717, 1.165) is 0 Å². The Morgan fingerprint density at radius 1 is 1.68 bits per heavy atom. The Morgan fingerprint density at radius 2 is 2.37 bits per heavy atom. The van der Waals surface area contributed by atoms with Crippen molar-refractivity contribution in [3.63, 3.8) is 0 Å². The largest absolute Gasteiger partial charge is 0.469 e. The fraction of sp³-hybridized carbons (Fsp3) is 0.636. The summed E-state index contributed by atoms with van der Waals surface area (Å²) in [5.74, 6) is 1.52. The van der Waals surface area contributed by atoms with Crippen LogP contribution < -0.4 is 0 Å². The average Bonchev–Trinajstić information content (AvgIpc) is 2.75. The molecule has 19 heavy (non-hydrogen) atoms. The fourth-order valence-corrected chi connectivity index (χ4v) is 2.53. The van der Waals surface area contributed by atoms with E-state index in [1.54, 1.807) is 30.2 Å². The molecule has 1 aromatic heterocycles. The van der Waals surface area contributed by atoms with Gasteiger partial charge in [-0.25, -0.2) is 9.55 Å². The summed E-state index contributed by atoms with van der Waals surface area (Å²) in [5, 5.41) is 10.8. The number of aryl methyl sites for hydroxylation is 1. The molecule has 0 amide bonds. The van der Waals surface area contributed by atoms with Crippen molar-refractivity contribution in [1.82, 2.24) is 9.55 Å². The van der Waals surface area contributed by atoms with Crippen molar-refractivity contribution in [2.45, 2.75) is 20.4 Å². The van der Waals surface area contributed by atoms with Crippen molar-refractivity contribution in [1.29, 1.82) is 0 Å². The molecule has 1 atom stereocenters. The molecule has 0 bridgehead atoms. The fourth-order valence-electron chi connectivity index (χ4n) is 1.56. The topological polar surface area (TPSA) is 87.3 Å². The van der Waals surface area contributed by atoms with E-state index in [-0.39, 0.29) is 17.7 Å². The predicted molar refractivity (Wildman–Crippen MR) is 72.1 cm³/mol. The molecular weight excluding hydrogens is 270 g/mol. The van der Waals surface area contributed by atoms with Gasteiger partial charge in [-0.1, -0.05) is 6.92 Å². The lowest BCUT2D eigenvalue weighted by Gasteiger charge is -2.08. The number of imidazole rings is 1. The first-order valence-electron chi connectivity index (χ1n) is 5.79. The van der Waals surface area contributed by atoms with E-state index in [4.69, 9.17) is 0 Å². The number of ether oxygens (including phenoxy) is 1. The molecule has 1 rings (SSSR count). The molecule has 0 saturated heterocycles. The lowest BCUT2D eigenvalue weighted by atomic mass is 10.2. The van der Waals surface area contributed by atoms with Crippen LogP contribution in [0.1, 0.15) is 12.7 Å². The van der Waals surface area contributed by atoms with Crippen LogP contribution in [0.25, 0.3) is 0 Å². The molecule has 1 aromatic rings. The second-order valence-corrected chi connectivity index (χ2v) is 5.22. The smallest absolute Gasteiger partial charge is 0.342 e. The van der Waals surface area contributed by atoms with Gasteiger partial charge in [-0.15, -0.1) is 0 Å². The molecule has 106 valence electrons. The number of hydrogen-bond donors (Lipinski definition) is 0. The Hall–Kier alpha value is -1.57. The van der Waals surface area contributed by atoms with Gasteiger partial charge in [0.2, 0.25) is 0 Å². The summed E-state index contributed by atoms with van der Waals surface area (Å²) in [5.41, 5.74) is 0. The highest BCUT2D eigenvalue weighted by Gasteiger charge is 2.17. The van der Waals surface area contributed by atoms with Gasteiger partial charge in [0.15, 0.2) is 5.82 Å². The molecule has 0 aliphatic carbocycles. The summed E-state index contributed by atoms with van der Waals surface area (Å²) in [4.78, 5) is 25.5. The van der Waals surface area contributed by atoms with Crippen LogP contribution >= 0.6 is 11.8 Å². The maximum absolute atomic E-state index is 11.2. The summed E-state index contributed by atoms with van der Waals surface area (Å²) in [6.07, 6.45) is 1.26. The standard InChI is InChI=1S/C11H17N3O4S/c1-8(11(15)18-3)7-19-5-4-13-9(2)12-6-10(13)14(16)17/h6,8H,4-5,7H2,1-3H3. The number of nitrogens with zero attached hydrogens (tertiary/aromatic N) is 3. The van der Waals surface area contributed by atoms with Gasteiger partial charge in [0.05, 0.1) is 13.0 Å². The van der Waals surface area contributed by atoms with Crippen LogP contribution in [0, 0.1) is 23.0 Å². The molecule has 0 fully saturated rings. The highest BCUT2D eigenvalue weighted by molar-refractivity contribution is 7.99. The summed E-state index contributed by atoms with van der Waals surface area (Å²) in [6.45, 7) is 4.03. The Kier molecular flexibility index (Phi) is 5.81. The van der Waals surface area contributed by atoms with Crippen LogP contribution in [0.2, 0.25) is 0 Å². The van der Waals surface area contributed by atoms with Gasteiger partial charge in [0.25, 0.3) is 0 Å². The lowest BCUT2D eigenvalue weighted by Crippen LogP contribution is -2.15. The Labute approximate surface area is 115 Å². The van der Waals surface area contributed by atoms with Gasteiger partial charge < -0.3 is 14.9 Å². The molecule has 7 nitrogen and oxygen atoms in total. The summed E-state index contributed by atoms with van der Waals surface area (Å²) in [7, 11) is 1.36. The molecular formula is C11H17N3O4S. The molecule has 0 aliphatic rings. The number of thioether (sulfide) groups is 1. The van der Waals surface area contributed by atoms with Gasteiger partial charge in [-0.05, 0) is 4.92 Å². The van der Waals surface area contributed by atoms with E-state index in [0.29, 0.717) is 23.9 Å². The molecule has 0 N–H and O–H groups in total. The second kappa shape index (κ2) is 7.13. The molecule has 1 heterocycles. The quantitative estimate of drug-likeness (QED) is 0.328. The molecule has 0 spiro atoms. The van der Waals surface area contributed by atoms with Gasteiger partial charge >= 0.3 is 11.8 Å². The average molecular weight is 287 g/mol. The first-order valence-corrected chi connectivity index (χ1v) is 6.95. The minimum absolute atomic E-state index is 0.000818. The Balaban J connectivity index is 2.44. The second-order valence-electron chi connectivity index (χ2n) is 4.07. The predicted octanol–water partition coefficient (Wildman–Crippen LogP) is 1.64. The SMILES string of the molecule is COC(=O)C(C)CSCCn1c([N+](=O)[O-])cnc1C. The van der Waals surface area contributed by atoms with Crippen LogP contribution in [0.3, 0.4) is 0 Å². The van der Waals surface area contributed by atoms with Crippen molar-refractivity contribution in [3.05, 3.63) is 22.1 Å². The first kappa shape index (κ1) is 15.5. The summed E-state index contributed by atoms with van der Waals surface area (Å²) < 4.78 is 6.19. The number of hydrogen-bond acceptors (Lipinski definition) is 6. The number of aromatic nitrogens is 2. The zero-order chi connectivity index (χ0) is 14.4. The minimum Gasteiger partial charge on any atom is -0.469 e. The molecule has 0 radical (unpaired) electrons. The van der Waals surface area contributed by atoms with Crippen LogP contribution in [0.5, 0.6) is 0 Å².